The molecule has 0 unspecified atom stereocenters. The van der Waals surface area contributed by atoms with Crippen LogP contribution in [0.25, 0.3) is 11.1 Å². The fourth-order valence-corrected chi connectivity index (χ4v) is 6.14. The van der Waals surface area contributed by atoms with Crippen molar-refractivity contribution in [3.63, 3.8) is 0 Å². The van der Waals surface area contributed by atoms with Crippen LogP contribution in [-0.4, -0.2) is 49.3 Å². The number of aromatic carboxylic acids is 1. The van der Waals surface area contributed by atoms with Crippen molar-refractivity contribution < 1.29 is 23.4 Å². The number of carboxylic acid groups (broad SMARTS) is 1. The van der Waals surface area contributed by atoms with E-state index < -0.39 is 22.1 Å². The molecular weight excluding hydrogens is 488 g/mol. The molecule has 8 heteroatoms. The van der Waals surface area contributed by atoms with Gasteiger partial charge in [-0.1, -0.05) is 48.5 Å². The number of carbonyl (C=O) groups is 1. The number of hydrogen-bond donors (Lipinski definition) is 4. The lowest BCUT2D eigenvalue weighted by Gasteiger charge is -2.30. The van der Waals surface area contributed by atoms with Gasteiger partial charge in [0.05, 0.1) is 16.6 Å². The minimum Gasteiger partial charge on any atom is -0.478 e. The molecule has 0 saturated heterocycles. The Morgan fingerprint density at radius 3 is 2.22 bits per heavy atom. The Morgan fingerprint density at radius 1 is 0.946 bits per heavy atom. The van der Waals surface area contributed by atoms with Crippen molar-refractivity contribution in [1.82, 2.24) is 10.0 Å². The summed E-state index contributed by atoms with van der Waals surface area (Å²) in [7, 11) is -3.87. The Hall–Kier alpha value is -3.04. The molecule has 1 aliphatic carbocycles. The van der Waals surface area contributed by atoms with Crippen LogP contribution in [0.2, 0.25) is 0 Å². The zero-order chi connectivity index (χ0) is 26.6. The van der Waals surface area contributed by atoms with Crippen LogP contribution in [0, 0.1) is 5.92 Å². The largest absolute Gasteiger partial charge is 0.478 e. The molecule has 3 aromatic carbocycles. The molecule has 1 atom stereocenters. The number of β-amino-alcohol motifs (C(OH)–C–C–N with tert-alkyl or cyclic N) is 1. The monoisotopic (exact) mass is 522 g/mol. The lowest BCUT2D eigenvalue weighted by molar-refractivity contribution is 0.0697. The smallest absolute Gasteiger partial charge is 0.335 e. The van der Waals surface area contributed by atoms with E-state index in [1.54, 1.807) is 24.3 Å². The van der Waals surface area contributed by atoms with Crippen LogP contribution in [0.5, 0.6) is 0 Å². The number of hydrogen-bond acceptors (Lipinski definition) is 5. The van der Waals surface area contributed by atoms with E-state index >= 15 is 0 Å². The van der Waals surface area contributed by atoms with Gasteiger partial charge < -0.3 is 15.5 Å². The van der Waals surface area contributed by atoms with Gasteiger partial charge in [-0.25, -0.2) is 17.9 Å². The highest BCUT2D eigenvalue weighted by molar-refractivity contribution is 7.89. The van der Waals surface area contributed by atoms with Crippen LogP contribution in [0.4, 0.5) is 0 Å². The molecule has 7 nitrogen and oxygen atoms in total. The van der Waals surface area contributed by atoms with Crippen LogP contribution >= 0.6 is 0 Å². The molecule has 0 spiro atoms. The minimum absolute atomic E-state index is 0.0482. The first-order chi connectivity index (χ1) is 17.5. The molecular formula is C29H34N2O5S. The molecule has 0 fully saturated rings. The Labute approximate surface area is 218 Å². The summed E-state index contributed by atoms with van der Waals surface area (Å²) < 4.78 is 28.3. The normalized spacial score (nSPS) is 14.9. The lowest BCUT2D eigenvalue weighted by Crippen LogP contribution is -2.47. The highest BCUT2D eigenvalue weighted by Crippen LogP contribution is 2.32. The van der Waals surface area contributed by atoms with Gasteiger partial charge in [-0.05, 0) is 85.5 Å². The van der Waals surface area contributed by atoms with Crippen molar-refractivity contribution in [2.24, 2.45) is 5.92 Å². The van der Waals surface area contributed by atoms with Gasteiger partial charge in [0.15, 0.2) is 0 Å². The number of benzene rings is 3. The van der Waals surface area contributed by atoms with E-state index in [2.05, 4.69) is 48.2 Å². The van der Waals surface area contributed by atoms with E-state index in [-0.39, 0.29) is 29.1 Å². The van der Waals surface area contributed by atoms with Gasteiger partial charge in [-0.15, -0.1) is 0 Å². The molecule has 0 aliphatic heterocycles. The van der Waals surface area contributed by atoms with Gasteiger partial charge in [0, 0.05) is 18.6 Å². The average molecular weight is 523 g/mol. The van der Waals surface area contributed by atoms with Crippen molar-refractivity contribution in [2.45, 2.75) is 49.6 Å². The molecule has 37 heavy (non-hydrogen) atoms. The molecule has 3 aromatic rings. The second-order valence-electron chi connectivity index (χ2n) is 10.4. The third-order valence-corrected chi connectivity index (χ3v) is 8.27. The number of nitrogens with one attached hydrogen (secondary N) is 2. The lowest BCUT2D eigenvalue weighted by atomic mass is 9.88. The molecule has 0 heterocycles. The summed E-state index contributed by atoms with van der Waals surface area (Å²) in [4.78, 5) is 11.3. The van der Waals surface area contributed by atoms with E-state index in [1.807, 2.05) is 0 Å². The fourth-order valence-electron chi connectivity index (χ4n) is 5.02. The molecule has 0 radical (unpaired) electrons. The molecule has 196 valence electrons. The van der Waals surface area contributed by atoms with Crippen molar-refractivity contribution in [3.8, 4) is 11.1 Å². The Morgan fingerprint density at radius 2 is 1.57 bits per heavy atom. The van der Waals surface area contributed by atoms with Gasteiger partial charge in [0.2, 0.25) is 10.0 Å². The molecule has 0 saturated carbocycles. The summed E-state index contributed by atoms with van der Waals surface area (Å²) >= 11 is 0. The predicted molar refractivity (Wildman–Crippen MR) is 144 cm³/mol. The summed E-state index contributed by atoms with van der Waals surface area (Å²) in [6.45, 7) is 4.35. The SMILES string of the molecule is CC(C)(CC1Cc2ccccc2C1)NC[C@@H](O)CNS(=O)(=O)c1cccc(-c2cccc(C(=O)O)c2)c1. The third kappa shape index (κ3) is 7.05. The van der Waals surface area contributed by atoms with Crippen LogP contribution < -0.4 is 10.0 Å². The van der Waals surface area contributed by atoms with Gasteiger partial charge in [-0.2, -0.15) is 0 Å². The first-order valence-corrected chi connectivity index (χ1v) is 13.9. The maximum absolute atomic E-state index is 12.9. The van der Waals surface area contributed by atoms with E-state index in [4.69, 9.17) is 0 Å². The number of carboxylic acids is 1. The molecule has 0 aromatic heterocycles. The van der Waals surface area contributed by atoms with Crippen molar-refractivity contribution in [2.75, 3.05) is 13.1 Å². The summed E-state index contributed by atoms with van der Waals surface area (Å²) in [6.07, 6.45) is 2.17. The summed E-state index contributed by atoms with van der Waals surface area (Å²) in [6, 6.07) is 21.2. The predicted octanol–water partition coefficient (Wildman–Crippen LogP) is 3.86. The highest BCUT2D eigenvalue weighted by Gasteiger charge is 2.28. The second-order valence-corrected chi connectivity index (χ2v) is 12.2. The summed E-state index contributed by atoms with van der Waals surface area (Å²) in [5.41, 5.74) is 3.94. The number of sulfonamides is 1. The standard InChI is InChI=1S/C29H34N2O5S/c1-29(2,17-20-13-21-7-3-4-8-22(21)14-20)30-18-26(32)19-31-37(35,36)27-12-6-10-24(16-27)23-9-5-11-25(15-23)28(33)34/h3-12,15-16,20,26,30-32H,13-14,17-19H2,1-2H3,(H,33,34)/t26-/m1/s1. The average Bonchev–Trinajstić information content (AvgIpc) is 3.28. The van der Waals surface area contributed by atoms with Gasteiger partial charge in [0.1, 0.15) is 0 Å². The molecule has 4 rings (SSSR count). The van der Waals surface area contributed by atoms with Crippen LogP contribution in [-0.2, 0) is 22.9 Å². The van der Waals surface area contributed by atoms with E-state index in [9.17, 15) is 23.4 Å². The number of aliphatic hydroxyl groups excluding tert-OH is 1. The summed E-state index contributed by atoms with van der Waals surface area (Å²) in [5, 5.41) is 23.1. The maximum atomic E-state index is 12.9. The quantitative estimate of drug-likeness (QED) is 0.304. The van der Waals surface area contributed by atoms with E-state index in [0.717, 1.165) is 19.3 Å². The van der Waals surface area contributed by atoms with Crippen molar-refractivity contribution in [3.05, 3.63) is 89.5 Å². The highest BCUT2D eigenvalue weighted by atomic mass is 32.2. The van der Waals surface area contributed by atoms with Crippen molar-refractivity contribution >= 4 is 16.0 Å². The van der Waals surface area contributed by atoms with Crippen LogP contribution in [0.1, 0.15) is 41.8 Å². The molecule has 0 amide bonds. The van der Waals surface area contributed by atoms with Gasteiger partial charge in [0.25, 0.3) is 0 Å². The zero-order valence-corrected chi connectivity index (χ0v) is 22.0. The second kappa shape index (κ2) is 11.1. The third-order valence-electron chi connectivity index (χ3n) is 6.85. The molecule has 0 bridgehead atoms. The van der Waals surface area contributed by atoms with Crippen LogP contribution in [0.3, 0.4) is 0 Å². The Bertz CT molecular complexity index is 1340. The Kier molecular flexibility index (Phi) is 8.14. The summed E-state index contributed by atoms with van der Waals surface area (Å²) in [5.74, 6) is -0.509. The zero-order valence-electron chi connectivity index (χ0n) is 21.1. The number of rotatable bonds is 11. The Balaban J connectivity index is 1.30. The van der Waals surface area contributed by atoms with Gasteiger partial charge >= 0.3 is 5.97 Å². The topological polar surface area (TPSA) is 116 Å². The number of aliphatic hydroxyl groups is 1. The van der Waals surface area contributed by atoms with Crippen molar-refractivity contribution in [1.29, 1.82) is 0 Å². The minimum atomic E-state index is -3.87. The van der Waals surface area contributed by atoms with Gasteiger partial charge in [-0.3, -0.25) is 0 Å². The maximum Gasteiger partial charge on any atom is 0.335 e. The molecule has 1 aliphatic rings. The fraction of sp³-hybridized carbons (Fsp3) is 0.345. The van der Waals surface area contributed by atoms with E-state index in [0.29, 0.717) is 17.0 Å². The number of fused-ring (bicyclic) bond motifs is 1. The molecule has 4 N–H and O–H groups in total. The first-order valence-electron chi connectivity index (χ1n) is 12.5. The van der Waals surface area contributed by atoms with Crippen LogP contribution in [0.15, 0.2) is 77.7 Å². The first kappa shape index (κ1) is 27.0. The van der Waals surface area contributed by atoms with E-state index in [1.165, 1.54) is 35.4 Å².